The fourth-order valence-corrected chi connectivity index (χ4v) is 0.302. The van der Waals surface area contributed by atoms with E-state index in [9.17, 15) is 14.4 Å². The van der Waals surface area contributed by atoms with Crippen molar-refractivity contribution in [2.75, 3.05) is 0 Å². The maximum atomic E-state index is 10.1. The topological polar surface area (TPSA) is 88.5 Å². The number of Topliss-reactive ketones (excluding diaryl/α,β-unsaturated/α-hetero) is 2. The fraction of sp³-hybridized carbons (Fsp3) is 0.400. The van der Waals surface area contributed by atoms with Gasteiger partial charge in [-0.25, -0.2) is 4.79 Å². The van der Waals surface area contributed by atoms with Crippen molar-refractivity contribution in [3.05, 3.63) is 0 Å². The van der Waals surface area contributed by atoms with Crippen molar-refractivity contribution >= 4 is 17.5 Å². The monoisotopic (exact) mass is 244 g/mol. The summed E-state index contributed by atoms with van der Waals surface area (Å²) in [5.41, 5.74) is 0. The average molecular weight is 242 g/mol. The van der Waals surface area contributed by atoms with Crippen LogP contribution in [0.4, 0.5) is 0 Å². The van der Waals surface area contributed by atoms with Crippen molar-refractivity contribution in [3.8, 4) is 0 Å². The van der Waals surface area contributed by atoms with Gasteiger partial charge in [0.05, 0.1) is 6.42 Å². The number of carbonyl (C=O) groups excluding carboxylic acids is 2. The zero-order valence-electron chi connectivity index (χ0n) is 5.70. The van der Waals surface area contributed by atoms with Gasteiger partial charge < -0.3 is 5.11 Å². The molecule has 0 spiro atoms. The van der Waals surface area contributed by atoms with Crippen molar-refractivity contribution in [3.63, 3.8) is 0 Å². The first-order valence-electron chi connectivity index (χ1n) is 2.46. The van der Waals surface area contributed by atoms with Gasteiger partial charge >= 0.3 is 29.1 Å². The van der Waals surface area contributed by atoms with Gasteiger partial charge in [-0.15, -0.1) is 0 Å². The summed E-state index contributed by atoms with van der Waals surface area (Å²) in [5.74, 6) is -3.03. The van der Waals surface area contributed by atoms with Crippen LogP contribution in [0.5, 0.6) is 0 Å². The number of rotatable bonds is 3. The van der Waals surface area contributed by atoms with Gasteiger partial charge in [0.25, 0.3) is 0 Å². The van der Waals surface area contributed by atoms with Crippen LogP contribution in [-0.2, 0) is 37.6 Å². The Hall–Kier alpha value is -0.702. The SMILES string of the molecule is CC(=O)CC(=O)C(=O)O.[O]=[Mo]. The Kier molecular flexibility index (Phi) is 8.71. The van der Waals surface area contributed by atoms with Crippen LogP contribution in [0.3, 0.4) is 0 Å². The fourth-order valence-electron chi connectivity index (χ4n) is 0.302. The van der Waals surface area contributed by atoms with Crippen molar-refractivity contribution in [1.29, 1.82) is 0 Å². The van der Waals surface area contributed by atoms with E-state index in [1.807, 2.05) is 0 Å². The summed E-state index contributed by atoms with van der Waals surface area (Å²) in [4.78, 5) is 29.9. The third-order valence-electron chi connectivity index (χ3n) is 0.648. The normalized spacial score (nSPS) is 7.36. The summed E-state index contributed by atoms with van der Waals surface area (Å²) >= 11 is 0.700. The van der Waals surface area contributed by atoms with Crippen LogP contribution in [0.2, 0.25) is 0 Å². The first-order valence-corrected chi connectivity index (χ1v) is 3.28. The van der Waals surface area contributed by atoms with Gasteiger partial charge in [0.2, 0.25) is 5.78 Å². The Balaban J connectivity index is 0. The molecule has 0 saturated carbocycles. The number of hydrogen-bond acceptors (Lipinski definition) is 4. The molecule has 1 N–H and O–H groups in total. The second kappa shape index (κ2) is 7.41. The van der Waals surface area contributed by atoms with Crippen LogP contribution < -0.4 is 0 Å². The first kappa shape index (κ1) is 12.9. The zero-order chi connectivity index (χ0) is 9.44. The number of carbonyl (C=O) groups is 3. The van der Waals surface area contributed by atoms with E-state index in [2.05, 4.69) is 0 Å². The third-order valence-corrected chi connectivity index (χ3v) is 0.648. The molecule has 0 bridgehead atoms. The molecule has 0 atom stereocenters. The number of aliphatic carboxylic acids is 1. The van der Waals surface area contributed by atoms with Crippen molar-refractivity contribution in [2.24, 2.45) is 0 Å². The van der Waals surface area contributed by atoms with Gasteiger partial charge in [0.15, 0.2) is 0 Å². The molecule has 0 unspecified atom stereocenters. The first-order chi connectivity index (χ1) is 5.04. The quantitative estimate of drug-likeness (QED) is 0.409. The predicted molar refractivity (Wildman–Crippen MR) is 28.6 cm³/mol. The molecular formula is C5H6MoO5. The molecule has 0 aromatic rings. The third kappa shape index (κ3) is 9.30. The molecule has 62 valence electrons. The molecule has 0 aliphatic carbocycles. The molecule has 0 aromatic heterocycles. The summed E-state index contributed by atoms with van der Waals surface area (Å²) in [7, 11) is 0. The number of carboxylic acids is 1. The molecule has 0 aliphatic rings. The minimum absolute atomic E-state index is 0.428. The van der Waals surface area contributed by atoms with Crippen LogP contribution in [0, 0.1) is 0 Å². The average Bonchev–Trinajstić information content (AvgIpc) is 1.90. The van der Waals surface area contributed by atoms with Gasteiger partial charge in [-0.2, -0.15) is 0 Å². The number of carboxylic acid groups (broad SMARTS) is 1. The van der Waals surface area contributed by atoms with E-state index < -0.39 is 24.0 Å². The van der Waals surface area contributed by atoms with E-state index in [1.54, 1.807) is 0 Å². The molecule has 0 heterocycles. The van der Waals surface area contributed by atoms with Crippen LogP contribution in [-0.4, -0.2) is 22.6 Å². The predicted octanol–water partition coefficient (Wildman–Crippen LogP) is -0.502. The molecule has 6 heteroatoms. The second-order valence-corrected chi connectivity index (χ2v) is 1.61. The van der Waals surface area contributed by atoms with Crippen LogP contribution in [0.25, 0.3) is 0 Å². The minimum atomic E-state index is -1.55. The van der Waals surface area contributed by atoms with Crippen molar-refractivity contribution < 1.29 is 42.7 Å². The molecule has 0 aliphatic heterocycles. The van der Waals surface area contributed by atoms with Crippen molar-refractivity contribution in [1.82, 2.24) is 0 Å². The molecule has 5 nitrogen and oxygen atoms in total. The Labute approximate surface area is 74.0 Å². The Bertz CT molecular complexity index is 176. The second-order valence-electron chi connectivity index (χ2n) is 1.61. The van der Waals surface area contributed by atoms with E-state index >= 15 is 0 Å². The summed E-state index contributed by atoms with van der Waals surface area (Å²) in [5, 5.41) is 7.93. The molecule has 0 amide bonds. The maximum absolute atomic E-state index is 10.1. The van der Waals surface area contributed by atoms with Gasteiger partial charge in [0.1, 0.15) is 5.78 Å². The number of hydrogen-bond donors (Lipinski definition) is 1. The van der Waals surface area contributed by atoms with Gasteiger partial charge in [-0.3, -0.25) is 9.59 Å². The van der Waals surface area contributed by atoms with Gasteiger partial charge in [0, 0.05) is 0 Å². The van der Waals surface area contributed by atoms with E-state index in [-0.39, 0.29) is 0 Å². The molecule has 0 fully saturated rings. The molecule has 0 aromatic carbocycles. The van der Waals surface area contributed by atoms with E-state index in [0.717, 1.165) is 0 Å². The van der Waals surface area contributed by atoms with Crippen LogP contribution in [0.15, 0.2) is 0 Å². The Morgan fingerprint density at radius 1 is 1.27 bits per heavy atom. The van der Waals surface area contributed by atoms with E-state index in [0.29, 0.717) is 19.8 Å². The standard InChI is InChI=1S/C5H6O4.Mo.O/c1-3(6)2-4(7)5(8)9;;/h2H2,1H3,(H,8,9);;. The molecule has 11 heavy (non-hydrogen) atoms. The Morgan fingerprint density at radius 3 is 1.73 bits per heavy atom. The Morgan fingerprint density at radius 2 is 1.64 bits per heavy atom. The molecule has 0 saturated heterocycles. The molecule has 0 rings (SSSR count). The van der Waals surface area contributed by atoms with Crippen LogP contribution in [0.1, 0.15) is 13.3 Å². The summed E-state index contributed by atoms with van der Waals surface area (Å²) < 4.78 is 8.26. The van der Waals surface area contributed by atoms with Gasteiger partial charge in [-0.05, 0) is 6.92 Å². The molecule has 0 radical (unpaired) electrons. The zero-order valence-corrected chi connectivity index (χ0v) is 7.70. The summed E-state index contributed by atoms with van der Waals surface area (Å²) in [6.07, 6.45) is -0.505. The van der Waals surface area contributed by atoms with E-state index in [1.165, 1.54) is 6.92 Å². The van der Waals surface area contributed by atoms with Crippen LogP contribution >= 0.6 is 0 Å². The van der Waals surface area contributed by atoms with Gasteiger partial charge in [-0.1, -0.05) is 0 Å². The molecular weight excluding hydrogens is 236 g/mol. The van der Waals surface area contributed by atoms with Crippen molar-refractivity contribution in [2.45, 2.75) is 13.3 Å². The number of ketones is 2. The van der Waals surface area contributed by atoms with E-state index in [4.69, 9.17) is 8.50 Å². The summed E-state index contributed by atoms with van der Waals surface area (Å²) in [6, 6.07) is 0. The summed E-state index contributed by atoms with van der Waals surface area (Å²) in [6.45, 7) is 1.17.